The van der Waals surface area contributed by atoms with Crippen molar-refractivity contribution in [1.82, 2.24) is 4.98 Å². The molecule has 4 rings (SSSR count). The van der Waals surface area contributed by atoms with Crippen LogP contribution < -0.4 is 19.5 Å². The minimum Gasteiger partial charge on any atom is -0.454 e. The number of thiazole rings is 1. The van der Waals surface area contributed by atoms with E-state index >= 15 is 0 Å². The number of nitrogens with zero attached hydrogens (tertiary/aromatic N) is 1. The van der Waals surface area contributed by atoms with E-state index in [-0.39, 0.29) is 24.9 Å². The van der Waals surface area contributed by atoms with Gasteiger partial charge in [0.1, 0.15) is 5.75 Å². The van der Waals surface area contributed by atoms with E-state index in [9.17, 15) is 13.6 Å². The molecule has 0 radical (unpaired) electrons. The molecule has 1 aromatic heterocycles. The Kier molecular flexibility index (Phi) is 5.07. The highest BCUT2D eigenvalue weighted by Gasteiger charge is 2.15. The van der Waals surface area contributed by atoms with Gasteiger partial charge in [0, 0.05) is 10.9 Å². The average Bonchev–Trinajstić information content (AvgIpc) is 3.31. The third-order valence-corrected chi connectivity index (χ3v) is 4.69. The van der Waals surface area contributed by atoms with Crippen molar-refractivity contribution in [3.8, 4) is 28.5 Å². The molecule has 0 saturated heterocycles. The summed E-state index contributed by atoms with van der Waals surface area (Å²) in [4.78, 5) is 16.6. The number of nitrogens with one attached hydrogen (secondary N) is 1. The largest absolute Gasteiger partial charge is 0.454 e. The molecule has 1 aliphatic heterocycles. The second kappa shape index (κ2) is 7.81. The number of carbonyl (C=O) groups excluding carboxylic acids is 1. The van der Waals surface area contributed by atoms with Crippen LogP contribution in [0.1, 0.15) is 5.56 Å². The number of rotatable bonds is 6. The highest BCUT2D eigenvalue weighted by atomic mass is 32.1. The maximum atomic E-state index is 12.2. The Hall–Kier alpha value is -3.20. The van der Waals surface area contributed by atoms with Gasteiger partial charge in [-0.15, -0.1) is 11.3 Å². The first-order valence-corrected chi connectivity index (χ1v) is 9.14. The molecule has 0 bridgehead atoms. The standard InChI is InChI=1S/C19H14F2N2O4S/c20-18(21)27-13-4-1-11(2-5-13)7-17(24)23-19-22-14(9-28-19)12-3-6-15-16(8-12)26-10-25-15/h1-6,8-9,18H,7,10H2,(H,22,23,24). The SMILES string of the molecule is O=C(Cc1ccc(OC(F)F)cc1)Nc1nc(-c2ccc3c(c2)OCO3)cs1. The molecular formula is C19H14F2N2O4S. The second-order valence-electron chi connectivity index (χ2n) is 5.85. The molecular weight excluding hydrogens is 390 g/mol. The normalized spacial score (nSPS) is 12.2. The summed E-state index contributed by atoms with van der Waals surface area (Å²) < 4.78 is 39.2. The zero-order valence-electron chi connectivity index (χ0n) is 14.4. The van der Waals surface area contributed by atoms with Crippen LogP contribution in [-0.2, 0) is 11.2 Å². The lowest BCUT2D eigenvalue weighted by atomic mass is 10.1. The van der Waals surface area contributed by atoms with E-state index in [1.165, 1.54) is 23.5 Å². The van der Waals surface area contributed by atoms with Crippen molar-refractivity contribution in [2.45, 2.75) is 13.0 Å². The minimum absolute atomic E-state index is 0.0486. The van der Waals surface area contributed by atoms with E-state index in [0.29, 0.717) is 27.9 Å². The summed E-state index contributed by atoms with van der Waals surface area (Å²) in [6.07, 6.45) is 0.0912. The van der Waals surface area contributed by atoms with Crippen LogP contribution in [0.5, 0.6) is 17.2 Å². The quantitative estimate of drug-likeness (QED) is 0.663. The maximum absolute atomic E-state index is 12.2. The molecule has 3 aromatic rings. The first-order valence-electron chi connectivity index (χ1n) is 8.26. The number of benzene rings is 2. The molecule has 9 heteroatoms. The zero-order chi connectivity index (χ0) is 19.5. The molecule has 0 atom stereocenters. The summed E-state index contributed by atoms with van der Waals surface area (Å²) in [5.41, 5.74) is 2.24. The molecule has 1 aliphatic rings. The Balaban J connectivity index is 1.37. The van der Waals surface area contributed by atoms with Gasteiger partial charge in [0.25, 0.3) is 0 Å². The first-order chi connectivity index (χ1) is 13.6. The van der Waals surface area contributed by atoms with E-state index in [0.717, 1.165) is 5.56 Å². The Labute approximate surface area is 162 Å². The van der Waals surface area contributed by atoms with Crippen LogP contribution in [-0.4, -0.2) is 24.3 Å². The van der Waals surface area contributed by atoms with Gasteiger partial charge in [0.05, 0.1) is 12.1 Å². The number of anilines is 1. The van der Waals surface area contributed by atoms with Gasteiger partial charge in [-0.1, -0.05) is 12.1 Å². The van der Waals surface area contributed by atoms with Crippen molar-refractivity contribution in [3.05, 3.63) is 53.4 Å². The van der Waals surface area contributed by atoms with Crippen molar-refractivity contribution in [3.63, 3.8) is 0 Å². The third kappa shape index (κ3) is 4.20. The molecule has 2 aromatic carbocycles. The summed E-state index contributed by atoms with van der Waals surface area (Å²) in [5, 5.41) is 5.05. The molecule has 28 heavy (non-hydrogen) atoms. The fourth-order valence-electron chi connectivity index (χ4n) is 2.66. The van der Waals surface area contributed by atoms with Crippen molar-refractivity contribution in [2.24, 2.45) is 0 Å². The molecule has 1 N–H and O–H groups in total. The number of alkyl halides is 2. The lowest BCUT2D eigenvalue weighted by Gasteiger charge is -2.06. The fraction of sp³-hybridized carbons (Fsp3) is 0.158. The van der Waals surface area contributed by atoms with Gasteiger partial charge in [-0.2, -0.15) is 8.78 Å². The summed E-state index contributed by atoms with van der Waals surface area (Å²) >= 11 is 1.31. The number of carbonyl (C=O) groups is 1. The summed E-state index contributed by atoms with van der Waals surface area (Å²) in [7, 11) is 0. The minimum atomic E-state index is -2.88. The molecule has 6 nitrogen and oxygen atoms in total. The maximum Gasteiger partial charge on any atom is 0.387 e. The van der Waals surface area contributed by atoms with Crippen LogP contribution >= 0.6 is 11.3 Å². The summed E-state index contributed by atoms with van der Waals surface area (Å²) in [6.45, 7) is -2.68. The molecule has 0 saturated carbocycles. The van der Waals surface area contributed by atoms with Gasteiger partial charge in [-0.25, -0.2) is 4.98 Å². The van der Waals surface area contributed by atoms with Crippen LogP contribution in [0.25, 0.3) is 11.3 Å². The number of hydrogen-bond donors (Lipinski definition) is 1. The van der Waals surface area contributed by atoms with Crippen LogP contribution in [0.2, 0.25) is 0 Å². The summed E-state index contributed by atoms with van der Waals surface area (Å²) in [6, 6.07) is 11.5. The predicted octanol–water partition coefficient (Wildman–Crippen LogP) is 4.32. The highest BCUT2D eigenvalue weighted by molar-refractivity contribution is 7.14. The van der Waals surface area contributed by atoms with Crippen LogP contribution in [0.4, 0.5) is 13.9 Å². The first kappa shape index (κ1) is 18.2. The number of hydrogen-bond acceptors (Lipinski definition) is 6. The Morgan fingerprint density at radius 1 is 1.18 bits per heavy atom. The molecule has 2 heterocycles. The van der Waals surface area contributed by atoms with Gasteiger partial charge in [0.2, 0.25) is 12.7 Å². The van der Waals surface area contributed by atoms with Gasteiger partial charge in [0.15, 0.2) is 16.6 Å². The third-order valence-electron chi connectivity index (χ3n) is 3.93. The number of ether oxygens (including phenoxy) is 3. The van der Waals surface area contributed by atoms with Crippen LogP contribution in [0.15, 0.2) is 47.8 Å². The smallest absolute Gasteiger partial charge is 0.387 e. The highest BCUT2D eigenvalue weighted by Crippen LogP contribution is 2.36. The van der Waals surface area contributed by atoms with E-state index in [1.807, 2.05) is 23.6 Å². The molecule has 1 amide bonds. The van der Waals surface area contributed by atoms with Gasteiger partial charge < -0.3 is 19.5 Å². The molecule has 0 aliphatic carbocycles. The number of aromatic nitrogens is 1. The molecule has 144 valence electrons. The number of halogens is 2. The lowest BCUT2D eigenvalue weighted by Crippen LogP contribution is -2.14. The number of amides is 1. The molecule has 0 spiro atoms. The van der Waals surface area contributed by atoms with E-state index < -0.39 is 6.61 Å². The van der Waals surface area contributed by atoms with Crippen molar-refractivity contribution >= 4 is 22.4 Å². The zero-order valence-corrected chi connectivity index (χ0v) is 15.2. The van der Waals surface area contributed by atoms with Crippen LogP contribution in [0, 0.1) is 0 Å². The van der Waals surface area contributed by atoms with Gasteiger partial charge >= 0.3 is 6.61 Å². The Bertz CT molecular complexity index is 992. The topological polar surface area (TPSA) is 69.7 Å². The van der Waals surface area contributed by atoms with Crippen molar-refractivity contribution < 1.29 is 27.8 Å². The number of fused-ring (bicyclic) bond motifs is 1. The summed E-state index contributed by atoms with van der Waals surface area (Å²) in [5.74, 6) is 1.15. The van der Waals surface area contributed by atoms with Crippen LogP contribution in [0.3, 0.4) is 0 Å². The van der Waals surface area contributed by atoms with Gasteiger partial charge in [-0.05, 0) is 35.9 Å². The van der Waals surface area contributed by atoms with E-state index in [2.05, 4.69) is 15.0 Å². The Morgan fingerprint density at radius 2 is 1.96 bits per heavy atom. The van der Waals surface area contributed by atoms with Crippen molar-refractivity contribution in [2.75, 3.05) is 12.1 Å². The molecule has 0 unspecified atom stereocenters. The second-order valence-corrected chi connectivity index (χ2v) is 6.71. The monoisotopic (exact) mass is 404 g/mol. The molecule has 0 fully saturated rings. The fourth-order valence-corrected chi connectivity index (χ4v) is 3.39. The van der Waals surface area contributed by atoms with E-state index in [4.69, 9.17) is 9.47 Å². The van der Waals surface area contributed by atoms with E-state index in [1.54, 1.807) is 12.1 Å². The Morgan fingerprint density at radius 3 is 2.75 bits per heavy atom. The predicted molar refractivity (Wildman–Crippen MR) is 99.1 cm³/mol. The average molecular weight is 404 g/mol. The van der Waals surface area contributed by atoms with Crippen molar-refractivity contribution in [1.29, 1.82) is 0 Å². The lowest BCUT2D eigenvalue weighted by molar-refractivity contribution is -0.115. The van der Waals surface area contributed by atoms with Gasteiger partial charge in [-0.3, -0.25) is 4.79 Å².